The van der Waals surface area contributed by atoms with Gasteiger partial charge in [0, 0.05) is 19.3 Å². The van der Waals surface area contributed by atoms with E-state index in [-0.39, 0.29) is 24.6 Å². The van der Waals surface area contributed by atoms with Gasteiger partial charge in [0.15, 0.2) is 11.6 Å². The Morgan fingerprint density at radius 2 is 1.81 bits per heavy atom. The third kappa shape index (κ3) is 7.25. The zero-order valence-electron chi connectivity index (χ0n) is 12.1. The molecule has 5 heteroatoms. The summed E-state index contributed by atoms with van der Waals surface area (Å²) in [6.45, 7) is 5.85. The van der Waals surface area contributed by atoms with E-state index >= 15 is 0 Å². The Balaban J connectivity index is 2.20. The predicted molar refractivity (Wildman–Crippen MR) is 76.3 cm³/mol. The highest BCUT2D eigenvalue weighted by atomic mass is 19.1. The zero-order valence-corrected chi connectivity index (χ0v) is 12.1. The highest BCUT2D eigenvalue weighted by molar-refractivity contribution is 5.74. The van der Waals surface area contributed by atoms with Crippen LogP contribution in [0.2, 0.25) is 0 Å². The number of hydrogen-bond donors (Lipinski definition) is 0. The SMILES string of the molecule is C=C(C)CCOC(=O)CCCC(=O)Oc1ccccc1F. The number of halogens is 1. The number of carbonyl (C=O) groups is 2. The molecule has 114 valence electrons. The Bertz CT molecular complexity index is 511. The van der Waals surface area contributed by atoms with Gasteiger partial charge in [0.05, 0.1) is 6.61 Å². The molecule has 0 radical (unpaired) electrons. The lowest BCUT2D eigenvalue weighted by Crippen LogP contribution is -2.11. The van der Waals surface area contributed by atoms with Gasteiger partial charge in [-0.3, -0.25) is 9.59 Å². The van der Waals surface area contributed by atoms with Gasteiger partial charge in [0.1, 0.15) is 0 Å². The molecular weight excluding hydrogens is 275 g/mol. The second kappa shape index (κ2) is 8.89. The summed E-state index contributed by atoms with van der Waals surface area (Å²) in [5.74, 6) is -1.64. The highest BCUT2D eigenvalue weighted by Gasteiger charge is 2.10. The first-order chi connectivity index (χ1) is 9.99. The Morgan fingerprint density at radius 3 is 2.48 bits per heavy atom. The normalized spacial score (nSPS) is 10.0. The molecule has 4 nitrogen and oxygen atoms in total. The van der Waals surface area contributed by atoms with Crippen molar-refractivity contribution in [2.24, 2.45) is 0 Å². The van der Waals surface area contributed by atoms with Crippen LogP contribution in [0.5, 0.6) is 5.75 Å². The number of benzene rings is 1. The lowest BCUT2D eigenvalue weighted by atomic mass is 10.2. The molecule has 0 atom stereocenters. The summed E-state index contributed by atoms with van der Waals surface area (Å²) < 4.78 is 23.1. The first-order valence-corrected chi connectivity index (χ1v) is 6.74. The number of carbonyl (C=O) groups excluding carboxylic acids is 2. The van der Waals surface area contributed by atoms with E-state index in [4.69, 9.17) is 9.47 Å². The van der Waals surface area contributed by atoms with Crippen molar-refractivity contribution in [3.8, 4) is 5.75 Å². The van der Waals surface area contributed by atoms with Crippen LogP contribution in [0.25, 0.3) is 0 Å². The third-order valence-electron chi connectivity index (χ3n) is 2.61. The summed E-state index contributed by atoms with van der Waals surface area (Å²) in [7, 11) is 0. The van der Waals surface area contributed by atoms with Crippen molar-refractivity contribution in [1.82, 2.24) is 0 Å². The minimum Gasteiger partial charge on any atom is -0.465 e. The molecule has 0 fully saturated rings. The van der Waals surface area contributed by atoms with Gasteiger partial charge in [-0.2, -0.15) is 0 Å². The smallest absolute Gasteiger partial charge is 0.311 e. The number of esters is 2. The fourth-order valence-electron chi connectivity index (χ4n) is 1.49. The zero-order chi connectivity index (χ0) is 15.7. The Morgan fingerprint density at radius 1 is 1.14 bits per heavy atom. The minimum absolute atomic E-state index is 0.0317. The molecule has 0 heterocycles. The van der Waals surface area contributed by atoms with Gasteiger partial charge >= 0.3 is 11.9 Å². The topological polar surface area (TPSA) is 52.6 Å². The van der Waals surface area contributed by atoms with Gasteiger partial charge in [-0.25, -0.2) is 4.39 Å². The van der Waals surface area contributed by atoms with Crippen LogP contribution in [0, 0.1) is 5.82 Å². The summed E-state index contributed by atoms with van der Waals surface area (Å²) in [5, 5.41) is 0. The van der Waals surface area contributed by atoms with Crippen LogP contribution in [0.15, 0.2) is 36.4 Å². The lowest BCUT2D eigenvalue weighted by molar-refractivity contribution is -0.143. The predicted octanol–water partition coefficient (Wildman–Crippen LogP) is 3.41. The molecular formula is C16H19FO4. The summed E-state index contributed by atoms with van der Waals surface area (Å²) >= 11 is 0. The van der Waals surface area contributed by atoms with Crippen LogP contribution in [-0.2, 0) is 14.3 Å². The minimum atomic E-state index is -0.593. The molecule has 0 spiro atoms. The molecule has 1 aromatic rings. The van der Waals surface area contributed by atoms with Crippen LogP contribution in [-0.4, -0.2) is 18.5 Å². The Hall–Kier alpha value is -2.17. The Kier molecular flexibility index (Phi) is 7.15. The largest absolute Gasteiger partial charge is 0.465 e. The molecule has 0 aliphatic heterocycles. The van der Waals surface area contributed by atoms with E-state index in [9.17, 15) is 14.0 Å². The average Bonchev–Trinajstić information content (AvgIpc) is 2.41. The number of para-hydroxylation sites is 1. The third-order valence-corrected chi connectivity index (χ3v) is 2.61. The van der Waals surface area contributed by atoms with Crippen molar-refractivity contribution in [2.45, 2.75) is 32.6 Å². The van der Waals surface area contributed by atoms with E-state index in [2.05, 4.69) is 6.58 Å². The molecule has 0 saturated heterocycles. The van der Waals surface area contributed by atoms with Gasteiger partial charge in [-0.15, -0.1) is 6.58 Å². The van der Waals surface area contributed by atoms with Gasteiger partial charge in [-0.1, -0.05) is 17.7 Å². The average molecular weight is 294 g/mol. The van der Waals surface area contributed by atoms with Crippen molar-refractivity contribution in [3.05, 3.63) is 42.2 Å². The van der Waals surface area contributed by atoms with Crippen LogP contribution in [0.4, 0.5) is 4.39 Å². The number of rotatable bonds is 8. The quantitative estimate of drug-likeness (QED) is 0.419. The Labute approximate surface area is 123 Å². The fraction of sp³-hybridized carbons (Fsp3) is 0.375. The molecule has 0 aromatic heterocycles. The summed E-state index contributed by atoms with van der Waals surface area (Å²) in [4.78, 5) is 22.9. The van der Waals surface area contributed by atoms with Crippen molar-refractivity contribution in [1.29, 1.82) is 0 Å². The molecule has 0 amide bonds. The molecule has 0 unspecified atom stereocenters. The maximum absolute atomic E-state index is 13.2. The summed E-state index contributed by atoms with van der Waals surface area (Å²) in [6, 6.07) is 5.67. The molecule has 21 heavy (non-hydrogen) atoms. The number of ether oxygens (including phenoxy) is 2. The lowest BCUT2D eigenvalue weighted by Gasteiger charge is -2.06. The molecule has 0 N–H and O–H groups in total. The maximum atomic E-state index is 13.2. The van der Waals surface area contributed by atoms with Crippen LogP contribution < -0.4 is 4.74 Å². The van der Waals surface area contributed by atoms with Crippen molar-refractivity contribution in [2.75, 3.05) is 6.61 Å². The molecule has 1 rings (SSSR count). The summed E-state index contributed by atoms with van der Waals surface area (Å²) in [5.41, 5.74) is 0.941. The molecule has 0 aliphatic carbocycles. The van der Waals surface area contributed by atoms with Gasteiger partial charge in [0.2, 0.25) is 0 Å². The van der Waals surface area contributed by atoms with E-state index in [1.54, 1.807) is 6.07 Å². The molecule has 0 saturated carbocycles. The van der Waals surface area contributed by atoms with E-state index < -0.39 is 11.8 Å². The van der Waals surface area contributed by atoms with E-state index in [1.807, 2.05) is 6.92 Å². The van der Waals surface area contributed by atoms with E-state index in [0.29, 0.717) is 19.4 Å². The molecule has 1 aromatic carbocycles. The van der Waals surface area contributed by atoms with E-state index in [1.165, 1.54) is 18.2 Å². The van der Waals surface area contributed by atoms with Crippen molar-refractivity contribution in [3.63, 3.8) is 0 Å². The molecule has 0 bridgehead atoms. The summed E-state index contributed by atoms with van der Waals surface area (Å²) in [6.07, 6.45) is 1.09. The maximum Gasteiger partial charge on any atom is 0.311 e. The monoisotopic (exact) mass is 294 g/mol. The van der Waals surface area contributed by atoms with Crippen LogP contribution >= 0.6 is 0 Å². The van der Waals surface area contributed by atoms with Gasteiger partial charge < -0.3 is 9.47 Å². The van der Waals surface area contributed by atoms with Crippen molar-refractivity contribution < 1.29 is 23.5 Å². The first-order valence-electron chi connectivity index (χ1n) is 6.74. The van der Waals surface area contributed by atoms with Crippen LogP contribution in [0.3, 0.4) is 0 Å². The second-order valence-electron chi connectivity index (χ2n) is 4.69. The first kappa shape index (κ1) is 16.9. The molecule has 0 aliphatic rings. The highest BCUT2D eigenvalue weighted by Crippen LogP contribution is 2.16. The fourth-order valence-corrected chi connectivity index (χ4v) is 1.49. The van der Waals surface area contributed by atoms with Crippen molar-refractivity contribution >= 4 is 11.9 Å². The van der Waals surface area contributed by atoms with Gasteiger partial charge in [0.25, 0.3) is 0 Å². The second-order valence-corrected chi connectivity index (χ2v) is 4.69. The van der Waals surface area contributed by atoms with E-state index in [0.717, 1.165) is 5.57 Å². The standard InChI is InChI=1S/C16H19FO4/c1-12(2)10-11-20-15(18)8-5-9-16(19)21-14-7-4-3-6-13(14)17/h3-4,6-7H,1,5,8-11H2,2H3. The van der Waals surface area contributed by atoms with Gasteiger partial charge in [-0.05, 0) is 25.5 Å². The van der Waals surface area contributed by atoms with Crippen LogP contribution in [0.1, 0.15) is 32.6 Å². The number of hydrogen-bond acceptors (Lipinski definition) is 4.